The normalized spacial score (nSPS) is 24.0. The minimum absolute atomic E-state index is 0.111. The van der Waals surface area contributed by atoms with Gasteiger partial charge in [0.15, 0.2) is 5.11 Å². The van der Waals surface area contributed by atoms with Crippen molar-refractivity contribution in [2.24, 2.45) is 0 Å². The maximum atomic E-state index is 5.65. The molecule has 1 aliphatic carbocycles. The van der Waals surface area contributed by atoms with Crippen LogP contribution in [-0.4, -0.2) is 26.1 Å². The quantitative estimate of drug-likeness (QED) is 0.808. The van der Waals surface area contributed by atoms with E-state index in [0.717, 1.165) is 23.8 Å². The Morgan fingerprint density at radius 3 is 2.80 bits per heavy atom. The molecule has 4 rings (SSSR count). The first-order chi connectivity index (χ1) is 12.3. The van der Waals surface area contributed by atoms with Crippen LogP contribution in [0.5, 0.6) is 0 Å². The molecule has 1 aliphatic heterocycles. The summed E-state index contributed by atoms with van der Waals surface area (Å²) in [6, 6.07) is 9.38. The van der Waals surface area contributed by atoms with Crippen LogP contribution in [0.15, 0.2) is 42.9 Å². The third-order valence-corrected chi connectivity index (χ3v) is 5.84. The van der Waals surface area contributed by atoms with E-state index in [1.807, 2.05) is 12.3 Å². The summed E-state index contributed by atoms with van der Waals surface area (Å²) in [6.45, 7) is 3.17. The molecule has 2 aliphatic rings. The average molecular weight is 355 g/mol. The first kappa shape index (κ1) is 16.6. The van der Waals surface area contributed by atoms with Crippen molar-refractivity contribution in [2.75, 3.05) is 6.54 Å². The average Bonchev–Trinajstić information content (AvgIpc) is 3.36. The summed E-state index contributed by atoms with van der Waals surface area (Å²) in [6.07, 6.45) is 12.9. The standard InChI is InChI=1S/C20H26N4S/c1-2-12-24-19(15-10-13-23(14-15)16-7-3-4-8-16)18(22-20(24)25)17-9-5-6-11-21-17/h5-6,9-11,13-14,16,18-19H,2-4,7-8,12H2,1H3,(H,22,25)/t18-,19+/m0/s1. The van der Waals surface area contributed by atoms with Crippen molar-refractivity contribution >= 4 is 17.3 Å². The smallest absolute Gasteiger partial charge is 0.170 e. The third-order valence-electron chi connectivity index (χ3n) is 5.49. The number of nitrogens with one attached hydrogen (secondary N) is 1. The second-order valence-electron chi connectivity index (χ2n) is 7.15. The summed E-state index contributed by atoms with van der Waals surface area (Å²) in [5, 5.41) is 4.36. The van der Waals surface area contributed by atoms with Crippen LogP contribution in [0.1, 0.15) is 68.4 Å². The maximum absolute atomic E-state index is 5.65. The van der Waals surface area contributed by atoms with E-state index in [9.17, 15) is 0 Å². The lowest BCUT2D eigenvalue weighted by Crippen LogP contribution is -2.30. The number of rotatable bonds is 5. The van der Waals surface area contributed by atoms with E-state index < -0.39 is 0 Å². The number of hydrogen-bond donors (Lipinski definition) is 1. The second kappa shape index (κ2) is 7.16. The number of pyridine rings is 1. The van der Waals surface area contributed by atoms with Crippen molar-refractivity contribution in [3.8, 4) is 0 Å². The van der Waals surface area contributed by atoms with E-state index in [1.54, 1.807) is 0 Å². The lowest BCUT2D eigenvalue weighted by Gasteiger charge is -2.26. The van der Waals surface area contributed by atoms with Gasteiger partial charge in [-0.05, 0) is 55.2 Å². The summed E-state index contributed by atoms with van der Waals surface area (Å²) >= 11 is 5.65. The SMILES string of the molecule is CCCN1C(=S)N[C@@H](c2ccccn2)[C@H]1c1ccn(C2CCCC2)c1. The Morgan fingerprint density at radius 1 is 1.24 bits per heavy atom. The Balaban J connectivity index is 1.67. The van der Waals surface area contributed by atoms with Crippen molar-refractivity contribution in [3.63, 3.8) is 0 Å². The van der Waals surface area contributed by atoms with Gasteiger partial charge in [0, 0.05) is 31.2 Å². The molecule has 0 bridgehead atoms. The molecule has 4 nitrogen and oxygen atoms in total. The van der Waals surface area contributed by atoms with Crippen molar-refractivity contribution in [3.05, 3.63) is 54.1 Å². The minimum atomic E-state index is 0.111. The van der Waals surface area contributed by atoms with Gasteiger partial charge in [0.25, 0.3) is 0 Å². The third kappa shape index (κ3) is 3.17. The summed E-state index contributed by atoms with van der Waals surface area (Å²) in [5.74, 6) is 0. The zero-order valence-corrected chi connectivity index (χ0v) is 15.6. The highest BCUT2D eigenvalue weighted by atomic mass is 32.1. The molecule has 2 fully saturated rings. The van der Waals surface area contributed by atoms with Crippen LogP contribution >= 0.6 is 12.2 Å². The fourth-order valence-corrected chi connectivity index (χ4v) is 4.62. The molecule has 25 heavy (non-hydrogen) atoms. The predicted molar refractivity (Wildman–Crippen MR) is 104 cm³/mol. The molecule has 2 aromatic heterocycles. The highest BCUT2D eigenvalue weighted by Crippen LogP contribution is 2.39. The van der Waals surface area contributed by atoms with Crippen molar-refractivity contribution < 1.29 is 0 Å². The molecule has 3 heterocycles. The monoisotopic (exact) mass is 354 g/mol. The Labute approximate surface area is 155 Å². The van der Waals surface area contributed by atoms with Crippen LogP contribution < -0.4 is 5.32 Å². The number of hydrogen-bond acceptors (Lipinski definition) is 2. The Hall–Kier alpha value is -1.88. The summed E-state index contributed by atoms with van der Waals surface area (Å²) in [5.41, 5.74) is 2.39. The van der Waals surface area contributed by atoms with E-state index in [1.165, 1.54) is 31.2 Å². The van der Waals surface area contributed by atoms with Crippen molar-refractivity contribution in [1.82, 2.24) is 19.8 Å². The first-order valence-corrected chi connectivity index (χ1v) is 9.84. The molecule has 1 saturated heterocycles. The highest BCUT2D eigenvalue weighted by molar-refractivity contribution is 7.80. The van der Waals surface area contributed by atoms with E-state index in [-0.39, 0.29) is 12.1 Å². The van der Waals surface area contributed by atoms with Crippen LogP contribution in [0.25, 0.3) is 0 Å². The molecule has 2 aromatic rings. The number of aromatic nitrogens is 2. The maximum Gasteiger partial charge on any atom is 0.170 e. The van der Waals surface area contributed by atoms with Gasteiger partial charge in [0.05, 0.1) is 17.8 Å². The lowest BCUT2D eigenvalue weighted by molar-refractivity contribution is 0.317. The Kier molecular flexibility index (Phi) is 4.75. The van der Waals surface area contributed by atoms with Gasteiger partial charge in [-0.25, -0.2) is 0 Å². The first-order valence-electron chi connectivity index (χ1n) is 9.43. The Bertz CT molecular complexity index is 720. The van der Waals surface area contributed by atoms with Crippen molar-refractivity contribution in [2.45, 2.75) is 57.2 Å². The van der Waals surface area contributed by atoms with Gasteiger partial charge in [-0.1, -0.05) is 25.8 Å². The van der Waals surface area contributed by atoms with E-state index in [0.29, 0.717) is 6.04 Å². The fraction of sp³-hybridized carbons (Fsp3) is 0.500. The van der Waals surface area contributed by atoms with Crippen LogP contribution in [0.2, 0.25) is 0 Å². The largest absolute Gasteiger partial charge is 0.352 e. The van der Waals surface area contributed by atoms with E-state index >= 15 is 0 Å². The zero-order valence-electron chi connectivity index (χ0n) is 14.8. The molecule has 2 atom stereocenters. The number of thiocarbonyl (C=S) groups is 1. The summed E-state index contributed by atoms with van der Waals surface area (Å²) < 4.78 is 2.42. The molecule has 5 heteroatoms. The molecule has 0 amide bonds. The van der Waals surface area contributed by atoms with Gasteiger partial charge in [-0.15, -0.1) is 0 Å². The molecule has 1 saturated carbocycles. The molecular weight excluding hydrogens is 328 g/mol. The van der Waals surface area contributed by atoms with Crippen molar-refractivity contribution in [1.29, 1.82) is 0 Å². The Morgan fingerprint density at radius 2 is 2.08 bits per heavy atom. The molecule has 1 N–H and O–H groups in total. The summed E-state index contributed by atoms with van der Waals surface area (Å²) in [7, 11) is 0. The van der Waals surface area contributed by atoms with Gasteiger partial charge in [0.2, 0.25) is 0 Å². The van der Waals surface area contributed by atoms with Crippen LogP contribution in [0.4, 0.5) is 0 Å². The molecule has 0 spiro atoms. The minimum Gasteiger partial charge on any atom is -0.352 e. The van der Waals surface area contributed by atoms with Crippen LogP contribution in [-0.2, 0) is 0 Å². The van der Waals surface area contributed by atoms with Crippen LogP contribution in [0, 0.1) is 0 Å². The molecule has 132 valence electrons. The van der Waals surface area contributed by atoms with Gasteiger partial charge in [-0.3, -0.25) is 4.98 Å². The second-order valence-corrected chi connectivity index (χ2v) is 7.54. The highest BCUT2D eigenvalue weighted by Gasteiger charge is 2.39. The van der Waals surface area contributed by atoms with Gasteiger partial charge in [0.1, 0.15) is 0 Å². The predicted octanol–water partition coefficient (Wildman–Crippen LogP) is 4.38. The number of nitrogens with zero attached hydrogens (tertiary/aromatic N) is 3. The van der Waals surface area contributed by atoms with Gasteiger partial charge in [-0.2, -0.15) is 0 Å². The molecule has 0 unspecified atom stereocenters. The van der Waals surface area contributed by atoms with Crippen LogP contribution in [0.3, 0.4) is 0 Å². The van der Waals surface area contributed by atoms with Gasteiger partial charge < -0.3 is 14.8 Å². The zero-order chi connectivity index (χ0) is 17.2. The summed E-state index contributed by atoms with van der Waals surface area (Å²) in [4.78, 5) is 6.93. The van der Waals surface area contributed by atoms with Gasteiger partial charge >= 0.3 is 0 Å². The lowest BCUT2D eigenvalue weighted by atomic mass is 9.99. The van der Waals surface area contributed by atoms with E-state index in [4.69, 9.17) is 12.2 Å². The van der Waals surface area contributed by atoms with E-state index in [2.05, 4.69) is 57.3 Å². The molecular formula is C20H26N4S. The topological polar surface area (TPSA) is 33.1 Å². The fourth-order valence-electron chi connectivity index (χ4n) is 4.29. The molecule has 0 aromatic carbocycles. The molecule has 0 radical (unpaired) electrons.